The number of carboxylic acids is 1. The van der Waals surface area contributed by atoms with Crippen LogP contribution < -0.4 is 4.90 Å². The van der Waals surface area contributed by atoms with Crippen molar-refractivity contribution in [2.45, 2.75) is 32.8 Å². The SMILES string of the molecule is CC(C)(C)OC(=O)N1CC[C@@H]2C(=O)N(c3ccc(C(=O)O)cn3)C[C@@H]2C1. The summed E-state index contributed by atoms with van der Waals surface area (Å²) in [5, 5.41) is 8.95. The van der Waals surface area contributed by atoms with E-state index in [9.17, 15) is 14.4 Å². The molecule has 1 aromatic rings. The smallest absolute Gasteiger partial charge is 0.410 e. The van der Waals surface area contributed by atoms with Crippen LogP contribution in [0.25, 0.3) is 0 Å². The molecule has 8 nitrogen and oxygen atoms in total. The van der Waals surface area contributed by atoms with Crippen LogP contribution in [0.3, 0.4) is 0 Å². The quantitative estimate of drug-likeness (QED) is 0.865. The lowest BCUT2D eigenvalue weighted by Crippen LogP contribution is -2.46. The number of ether oxygens (including phenoxy) is 1. The van der Waals surface area contributed by atoms with Gasteiger partial charge in [-0.3, -0.25) is 9.69 Å². The normalized spacial score (nSPS) is 23.0. The number of piperidine rings is 1. The zero-order chi connectivity index (χ0) is 19.1. The van der Waals surface area contributed by atoms with Gasteiger partial charge in [0, 0.05) is 37.7 Å². The standard InChI is InChI=1S/C18H23N3O5/c1-18(2,3)26-17(25)20-7-6-13-12(9-20)10-21(15(13)22)14-5-4-11(8-19-14)16(23)24/h4-5,8,12-13H,6-7,9-10H2,1-3H3,(H,23,24)/t12-,13-/m0/s1. The van der Waals surface area contributed by atoms with E-state index in [4.69, 9.17) is 9.84 Å². The van der Waals surface area contributed by atoms with Crippen LogP contribution in [-0.2, 0) is 9.53 Å². The van der Waals surface area contributed by atoms with Gasteiger partial charge < -0.3 is 14.7 Å². The monoisotopic (exact) mass is 361 g/mol. The number of fused-ring (bicyclic) bond motifs is 1. The minimum absolute atomic E-state index is 0.0183. The van der Waals surface area contributed by atoms with Gasteiger partial charge in [0.1, 0.15) is 11.4 Å². The number of carbonyl (C=O) groups is 3. The summed E-state index contributed by atoms with van der Waals surface area (Å²) in [6.07, 6.45) is 1.48. The van der Waals surface area contributed by atoms with Gasteiger partial charge in [0.2, 0.25) is 5.91 Å². The zero-order valence-corrected chi connectivity index (χ0v) is 15.1. The third-order valence-electron chi connectivity index (χ3n) is 4.66. The number of hydrogen-bond donors (Lipinski definition) is 1. The molecule has 1 aromatic heterocycles. The van der Waals surface area contributed by atoms with E-state index in [1.807, 2.05) is 20.8 Å². The first-order valence-corrected chi connectivity index (χ1v) is 8.64. The minimum Gasteiger partial charge on any atom is -0.478 e. The number of carbonyl (C=O) groups excluding carboxylic acids is 2. The highest BCUT2D eigenvalue weighted by molar-refractivity contribution is 5.97. The number of anilines is 1. The fraction of sp³-hybridized carbons (Fsp3) is 0.556. The second-order valence-corrected chi connectivity index (χ2v) is 7.74. The Labute approximate surface area is 151 Å². The average molecular weight is 361 g/mol. The molecule has 0 radical (unpaired) electrons. The van der Waals surface area contributed by atoms with Gasteiger partial charge in [0.25, 0.3) is 0 Å². The molecule has 0 aromatic carbocycles. The molecule has 1 N–H and O–H groups in total. The maximum atomic E-state index is 12.7. The molecular weight excluding hydrogens is 338 g/mol. The van der Waals surface area contributed by atoms with E-state index in [1.165, 1.54) is 12.3 Å². The van der Waals surface area contributed by atoms with Crippen LogP contribution in [0.1, 0.15) is 37.6 Å². The molecule has 0 spiro atoms. The minimum atomic E-state index is -1.06. The van der Waals surface area contributed by atoms with Crippen LogP contribution in [0.5, 0.6) is 0 Å². The van der Waals surface area contributed by atoms with Crippen LogP contribution in [-0.4, -0.2) is 58.2 Å². The number of amides is 2. The average Bonchev–Trinajstić information content (AvgIpc) is 2.90. The zero-order valence-electron chi connectivity index (χ0n) is 15.1. The van der Waals surface area contributed by atoms with E-state index < -0.39 is 11.6 Å². The lowest BCUT2D eigenvalue weighted by Gasteiger charge is -2.34. The van der Waals surface area contributed by atoms with Crippen LogP contribution in [0, 0.1) is 11.8 Å². The van der Waals surface area contributed by atoms with E-state index in [-0.39, 0.29) is 29.4 Å². The first-order chi connectivity index (χ1) is 12.2. The molecule has 2 fully saturated rings. The van der Waals surface area contributed by atoms with E-state index in [2.05, 4.69) is 4.98 Å². The molecular formula is C18H23N3O5. The van der Waals surface area contributed by atoms with E-state index in [1.54, 1.807) is 15.9 Å². The molecule has 26 heavy (non-hydrogen) atoms. The number of pyridine rings is 1. The lowest BCUT2D eigenvalue weighted by atomic mass is 9.88. The van der Waals surface area contributed by atoms with Crippen LogP contribution in [0.2, 0.25) is 0 Å². The fourth-order valence-electron chi connectivity index (χ4n) is 3.44. The Morgan fingerprint density at radius 2 is 2.00 bits per heavy atom. The van der Waals surface area contributed by atoms with Crippen molar-refractivity contribution in [3.05, 3.63) is 23.9 Å². The van der Waals surface area contributed by atoms with E-state index >= 15 is 0 Å². The number of aromatic carboxylic acids is 1. The molecule has 0 unspecified atom stereocenters. The fourth-order valence-corrected chi connectivity index (χ4v) is 3.44. The molecule has 0 saturated carbocycles. The summed E-state index contributed by atoms with van der Waals surface area (Å²) in [7, 11) is 0. The second kappa shape index (κ2) is 6.59. The summed E-state index contributed by atoms with van der Waals surface area (Å²) in [5.41, 5.74) is -0.477. The van der Waals surface area contributed by atoms with Crippen molar-refractivity contribution in [3.63, 3.8) is 0 Å². The predicted molar refractivity (Wildman–Crippen MR) is 93.0 cm³/mol. The number of carboxylic acid groups (broad SMARTS) is 1. The Morgan fingerprint density at radius 3 is 2.58 bits per heavy atom. The third kappa shape index (κ3) is 3.63. The van der Waals surface area contributed by atoms with Gasteiger partial charge in [-0.25, -0.2) is 14.6 Å². The molecule has 0 aliphatic carbocycles. The van der Waals surface area contributed by atoms with Crippen LogP contribution in [0.15, 0.2) is 18.3 Å². The van der Waals surface area contributed by atoms with Gasteiger partial charge in [-0.05, 0) is 39.3 Å². The maximum Gasteiger partial charge on any atom is 0.410 e. The number of likely N-dealkylation sites (tertiary alicyclic amines) is 1. The molecule has 0 bridgehead atoms. The Bertz CT molecular complexity index is 725. The van der Waals surface area contributed by atoms with Gasteiger partial charge in [-0.1, -0.05) is 0 Å². The summed E-state index contributed by atoms with van der Waals surface area (Å²) >= 11 is 0. The highest BCUT2D eigenvalue weighted by Gasteiger charge is 2.45. The number of aromatic nitrogens is 1. The summed E-state index contributed by atoms with van der Waals surface area (Å²) in [6.45, 7) is 6.89. The van der Waals surface area contributed by atoms with Crippen LogP contribution in [0.4, 0.5) is 10.6 Å². The second-order valence-electron chi connectivity index (χ2n) is 7.74. The molecule has 3 rings (SSSR count). The third-order valence-corrected chi connectivity index (χ3v) is 4.66. The van der Waals surface area contributed by atoms with Crippen molar-refractivity contribution in [3.8, 4) is 0 Å². The van der Waals surface area contributed by atoms with Crippen molar-refractivity contribution >= 4 is 23.8 Å². The molecule has 2 amide bonds. The molecule has 2 atom stereocenters. The highest BCUT2D eigenvalue weighted by atomic mass is 16.6. The largest absolute Gasteiger partial charge is 0.478 e. The Morgan fingerprint density at radius 1 is 1.27 bits per heavy atom. The highest BCUT2D eigenvalue weighted by Crippen LogP contribution is 2.35. The number of rotatable bonds is 2. The van der Waals surface area contributed by atoms with Crippen molar-refractivity contribution in [1.82, 2.24) is 9.88 Å². The van der Waals surface area contributed by atoms with Crippen molar-refractivity contribution < 1.29 is 24.2 Å². The maximum absolute atomic E-state index is 12.7. The first-order valence-electron chi connectivity index (χ1n) is 8.64. The van der Waals surface area contributed by atoms with Crippen molar-refractivity contribution in [2.24, 2.45) is 11.8 Å². The Balaban J connectivity index is 1.69. The van der Waals surface area contributed by atoms with E-state index in [0.29, 0.717) is 31.9 Å². The molecule has 2 aliphatic heterocycles. The van der Waals surface area contributed by atoms with Crippen molar-refractivity contribution in [2.75, 3.05) is 24.5 Å². The number of hydrogen-bond acceptors (Lipinski definition) is 5. The summed E-state index contributed by atoms with van der Waals surface area (Å²) in [5.74, 6) is -0.759. The van der Waals surface area contributed by atoms with Gasteiger partial charge >= 0.3 is 12.1 Å². The molecule has 2 saturated heterocycles. The molecule has 3 heterocycles. The topological polar surface area (TPSA) is 100 Å². The van der Waals surface area contributed by atoms with Gasteiger partial charge in [0.15, 0.2) is 0 Å². The summed E-state index contributed by atoms with van der Waals surface area (Å²) in [6, 6.07) is 2.98. The first kappa shape index (κ1) is 18.2. The van der Waals surface area contributed by atoms with Gasteiger partial charge in [-0.2, -0.15) is 0 Å². The molecule has 2 aliphatic rings. The Kier molecular flexibility index (Phi) is 4.60. The van der Waals surface area contributed by atoms with E-state index in [0.717, 1.165) is 0 Å². The van der Waals surface area contributed by atoms with Crippen LogP contribution >= 0.6 is 0 Å². The summed E-state index contributed by atoms with van der Waals surface area (Å²) in [4.78, 5) is 43.3. The summed E-state index contributed by atoms with van der Waals surface area (Å²) < 4.78 is 5.42. The van der Waals surface area contributed by atoms with Crippen molar-refractivity contribution in [1.29, 1.82) is 0 Å². The van der Waals surface area contributed by atoms with Gasteiger partial charge in [-0.15, -0.1) is 0 Å². The Hall–Kier alpha value is -2.64. The lowest BCUT2D eigenvalue weighted by molar-refractivity contribution is -0.122. The molecule has 140 valence electrons. The molecule has 8 heteroatoms. The predicted octanol–water partition coefficient (Wildman–Crippen LogP) is 2.00. The van der Waals surface area contributed by atoms with Gasteiger partial charge in [0.05, 0.1) is 5.56 Å². The number of nitrogens with zero attached hydrogens (tertiary/aromatic N) is 3.